The fourth-order valence-electron chi connectivity index (χ4n) is 7.45. The summed E-state index contributed by atoms with van der Waals surface area (Å²) in [5, 5.41) is 13.6. The number of carbonyl (C=O) groups is 2. The van der Waals surface area contributed by atoms with Gasteiger partial charge in [0.1, 0.15) is 19.3 Å². The van der Waals surface area contributed by atoms with Gasteiger partial charge in [-0.15, -0.1) is 0 Å². The number of ether oxygens (including phenoxy) is 1. The summed E-state index contributed by atoms with van der Waals surface area (Å²) in [6.45, 7) is 6.67. The van der Waals surface area contributed by atoms with Crippen LogP contribution >= 0.6 is 0 Å². The van der Waals surface area contributed by atoms with Gasteiger partial charge in [-0.2, -0.15) is 0 Å². The largest absolute Gasteiger partial charge is 0.463 e. The Hall–Kier alpha value is -1.14. The molecule has 2 N–H and O–H groups in total. The molecule has 0 aliphatic rings. The van der Waals surface area contributed by atoms with Crippen molar-refractivity contribution in [1.82, 2.24) is 5.32 Å². The number of carbonyl (C=O) groups excluding carboxylic acids is 2. The maximum absolute atomic E-state index is 12.3. The number of unbranched alkanes of at least 4 members (excludes halogenated alkanes) is 30. The van der Waals surface area contributed by atoms with Crippen molar-refractivity contribution in [1.29, 1.82) is 0 Å². The van der Waals surface area contributed by atoms with Crippen molar-refractivity contribution in [2.45, 2.75) is 245 Å². The molecule has 0 aromatic heterocycles. The van der Waals surface area contributed by atoms with E-state index in [-0.39, 0.29) is 18.5 Å². The molecule has 0 aromatic rings. The van der Waals surface area contributed by atoms with Gasteiger partial charge >= 0.3 is 5.97 Å². The Morgan fingerprint density at radius 2 is 0.827 bits per heavy atom. The number of hydrogen-bond acceptors (Lipinski definition) is 4. The minimum atomic E-state index is -0.672. The Morgan fingerprint density at radius 3 is 1.19 bits per heavy atom. The van der Waals surface area contributed by atoms with E-state index in [0.717, 1.165) is 38.6 Å². The number of rotatable bonds is 42. The highest BCUT2D eigenvalue weighted by molar-refractivity contribution is 5.75. The number of quaternary nitrogens is 1. The summed E-state index contributed by atoms with van der Waals surface area (Å²) in [6, 6.07) is 0. The van der Waals surface area contributed by atoms with Crippen LogP contribution in [0.2, 0.25) is 0 Å². The first-order valence-corrected chi connectivity index (χ1v) is 23.2. The van der Waals surface area contributed by atoms with Crippen LogP contribution in [-0.4, -0.2) is 67.9 Å². The average Bonchev–Trinajstić information content (AvgIpc) is 3.12. The van der Waals surface area contributed by atoms with Crippen LogP contribution < -0.4 is 5.32 Å². The topological polar surface area (TPSA) is 75.6 Å². The van der Waals surface area contributed by atoms with Crippen LogP contribution in [-0.2, 0) is 14.3 Å². The van der Waals surface area contributed by atoms with E-state index >= 15 is 0 Å². The van der Waals surface area contributed by atoms with Gasteiger partial charge in [0.05, 0.1) is 20.6 Å². The van der Waals surface area contributed by atoms with E-state index in [2.05, 4.69) is 33.3 Å². The van der Waals surface area contributed by atoms with E-state index in [4.69, 9.17) is 4.74 Å². The molecule has 0 bridgehead atoms. The lowest BCUT2D eigenvalue weighted by Gasteiger charge is -2.31. The highest BCUT2D eigenvalue weighted by Gasteiger charge is 2.21. The van der Waals surface area contributed by atoms with Crippen LogP contribution in [0.5, 0.6) is 0 Å². The molecule has 0 spiro atoms. The number of hydrogen-bond donors (Lipinski definition) is 2. The molecule has 0 aromatic carbocycles. The lowest BCUT2D eigenvalue weighted by Crippen LogP contribution is -2.48. The van der Waals surface area contributed by atoms with Gasteiger partial charge in [0.25, 0.3) is 0 Å². The van der Waals surface area contributed by atoms with E-state index in [9.17, 15) is 14.7 Å². The Kier molecular flexibility index (Phi) is 38.7. The molecular weight excluding hydrogens is 645 g/mol. The highest BCUT2D eigenvalue weighted by Crippen LogP contribution is 2.16. The molecule has 52 heavy (non-hydrogen) atoms. The molecule has 0 saturated heterocycles. The Bertz CT molecular complexity index is 759. The third kappa shape index (κ3) is 40.1. The highest BCUT2D eigenvalue weighted by atomic mass is 16.5. The lowest BCUT2D eigenvalue weighted by molar-refractivity contribution is -0.893. The molecule has 0 saturated carbocycles. The van der Waals surface area contributed by atoms with E-state index in [1.165, 1.54) is 180 Å². The first-order chi connectivity index (χ1) is 25.3. The molecule has 0 aliphatic heterocycles. The SMILES string of the molecule is CCCCCCCCCCCCCCCCCCCC(=O)NCCC[N+](C)(C)CC(O)COC(=O)CCCCCCCCCCCCCCCCC. The maximum Gasteiger partial charge on any atom is 0.305 e. The van der Waals surface area contributed by atoms with Crippen LogP contribution in [0.1, 0.15) is 239 Å². The van der Waals surface area contributed by atoms with Gasteiger partial charge in [0.2, 0.25) is 5.91 Å². The van der Waals surface area contributed by atoms with Crippen LogP contribution in [0, 0.1) is 0 Å². The van der Waals surface area contributed by atoms with Crippen molar-refractivity contribution in [2.75, 3.05) is 40.3 Å². The third-order valence-corrected chi connectivity index (χ3v) is 10.9. The summed E-state index contributed by atoms with van der Waals surface area (Å²) in [5.74, 6) is -0.0337. The van der Waals surface area contributed by atoms with Crippen molar-refractivity contribution >= 4 is 11.9 Å². The molecule has 6 heteroatoms. The molecule has 0 radical (unpaired) electrons. The van der Waals surface area contributed by atoms with Crippen molar-refractivity contribution in [3.05, 3.63) is 0 Å². The Morgan fingerprint density at radius 1 is 0.500 bits per heavy atom. The van der Waals surface area contributed by atoms with Crippen LogP contribution in [0.4, 0.5) is 0 Å². The Balaban J connectivity index is 3.55. The van der Waals surface area contributed by atoms with Gasteiger partial charge in [0, 0.05) is 25.8 Å². The van der Waals surface area contributed by atoms with Crippen LogP contribution in [0.25, 0.3) is 0 Å². The second kappa shape index (κ2) is 39.6. The quantitative estimate of drug-likeness (QED) is 0.0371. The minimum Gasteiger partial charge on any atom is -0.463 e. The molecule has 0 aliphatic carbocycles. The predicted octanol–water partition coefficient (Wildman–Crippen LogP) is 12.8. The summed E-state index contributed by atoms with van der Waals surface area (Å²) in [6.07, 6.45) is 43.8. The van der Waals surface area contributed by atoms with Gasteiger partial charge in [-0.1, -0.05) is 206 Å². The van der Waals surface area contributed by atoms with Crippen LogP contribution in [0.15, 0.2) is 0 Å². The molecule has 1 atom stereocenters. The second-order valence-corrected chi connectivity index (χ2v) is 17.0. The summed E-state index contributed by atoms with van der Waals surface area (Å²) in [5.41, 5.74) is 0. The van der Waals surface area contributed by atoms with Crippen LogP contribution in [0.3, 0.4) is 0 Å². The lowest BCUT2D eigenvalue weighted by atomic mass is 10.0. The summed E-state index contributed by atoms with van der Waals surface area (Å²) < 4.78 is 6.01. The first-order valence-electron chi connectivity index (χ1n) is 23.2. The van der Waals surface area contributed by atoms with E-state index in [1.54, 1.807) is 0 Å². The first kappa shape index (κ1) is 50.9. The van der Waals surface area contributed by atoms with Gasteiger partial charge < -0.3 is 19.6 Å². The molecule has 1 unspecified atom stereocenters. The molecule has 0 rings (SSSR count). The van der Waals surface area contributed by atoms with Crippen molar-refractivity contribution in [3.8, 4) is 0 Å². The van der Waals surface area contributed by atoms with Crippen molar-refractivity contribution < 1.29 is 23.9 Å². The third-order valence-electron chi connectivity index (χ3n) is 10.9. The number of nitrogens with one attached hydrogen (secondary N) is 1. The van der Waals surface area contributed by atoms with Gasteiger partial charge in [-0.25, -0.2) is 0 Å². The van der Waals surface area contributed by atoms with E-state index in [0.29, 0.717) is 30.4 Å². The fraction of sp³-hybridized carbons (Fsp3) is 0.957. The van der Waals surface area contributed by atoms with Crippen molar-refractivity contribution in [3.63, 3.8) is 0 Å². The number of aliphatic hydroxyl groups excluding tert-OH is 1. The smallest absolute Gasteiger partial charge is 0.305 e. The zero-order chi connectivity index (χ0) is 38.2. The summed E-state index contributed by atoms with van der Waals surface area (Å²) >= 11 is 0. The molecule has 310 valence electrons. The molecule has 0 fully saturated rings. The molecule has 6 nitrogen and oxygen atoms in total. The monoisotopic (exact) mass is 738 g/mol. The summed E-state index contributed by atoms with van der Waals surface area (Å²) in [7, 11) is 4.17. The fourth-order valence-corrected chi connectivity index (χ4v) is 7.45. The number of amides is 1. The molecule has 1 amide bonds. The van der Waals surface area contributed by atoms with Gasteiger partial charge in [-0.3, -0.25) is 9.59 Å². The Labute approximate surface area is 325 Å². The zero-order valence-electron chi connectivity index (χ0n) is 35.8. The average molecular weight is 738 g/mol. The van der Waals surface area contributed by atoms with Crippen molar-refractivity contribution in [2.24, 2.45) is 0 Å². The zero-order valence-corrected chi connectivity index (χ0v) is 35.8. The number of nitrogens with zero attached hydrogens (tertiary/aromatic N) is 1. The van der Waals surface area contributed by atoms with E-state index in [1.807, 2.05) is 0 Å². The molecule has 0 heterocycles. The second-order valence-electron chi connectivity index (χ2n) is 17.0. The number of aliphatic hydroxyl groups is 1. The van der Waals surface area contributed by atoms with Gasteiger partial charge in [0.15, 0.2) is 0 Å². The normalized spacial score (nSPS) is 12.3. The standard InChI is InChI=1S/C46H92N2O4/c1-5-7-9-11-13-15-17-19-21-22-24-25-27-29-31-33-35-38-45(50)47-40-37-41-48(3,4)42-44(49)43-52-46(51)39-36-34-32-30-28-26-23-20-18-16-14-12-10-8-6-2/h44,49H,5-43H2,1-4H3/p+1. The molecular formula is C46H93N2O4+. The number of likely N-dealkylation sites (N-methyl/N-ethyl adjacent to an activating group) is 1. The van der Waals surface area contributed by atoms with E-state index < -0.39 is 6.10 Å². The maximum atomic E-state index is 12.3. The number of esters is 1. The minimum absolute atomic E-state index is 0.0648. The summed E-state index contributed by atoms with van der Waals surface area (Å²) in [4.78, 5) is 24.5. The predicted molar refractivity (Wildman–Crippen MR) is 225 cm³/mol. The van der Waals surface area contributed by atoms with Gasteiger partial charge in [-0.05, 0) is 12.8 Å².